The predicted octanol–water partition coefficient (Wildman–Crippen LogP) is -1.86. The maximum atomic E-state index is 12.1. The quantitative estimate of drug-likeness (QED) is 0.390. The molecule has 11 nitrogen and oxygen atoms in total. The van der Waals surface area contributed by atoms with Crippen molar-refractivity contribution in [2.45, 2.75) is 43.5 Å². The Kier molecular flexibility index (Phi) is 3.72. The highest BCUT2D eigenvalue weighted by atomic mass is 32.3. The maximum Gasteiger partial charge on any atom is 0.418 e. The Bertz CT molecular complexity index is 596. The number of urea groups is 1. The van der Waals surface area contributed by atoms with Gasteiger partial charge in [0.05, 0.1) is 6.04 Å². The van der Waals surface area contributed by atoms with Crippen LogP contribution < -0.4 is 11.2 Å². The number of rotatable bonds is 5. The van der Waals surface area contributed by atoms with Gasteiger partial charge in [0.1, 0.15) is 12.1 Å². The summed E-state index contributed by atoms with van der Waals surface area (Å²) in [6.45, 7) is 0.134. The van der Waals surface area contributed by atoms with Gasteiger partial charge in [0.2, 0.25) is 0 Å². The van der Waals surface area contributed by atoms with E-state index in [0.717, 1.165) is 0 Å². The number of piperidine rings is 1. The zero-order chi connectivity index (χ0) is 16.1. The largest absolute Gasteiger partial charge is 0.418 e. The standard InChI is InChI=1S/C10H16N4O7S/c11-6-3-8(6)20-12-9(15)7-2-1-5-4-13(7)10(16)14(5)21-22(17,18)19/h5-8H,1-4,11H2,(H,12,15)(H,17,18,19). The van der Waals surface area contributed by atoms with Gasteiger partial charge in [-0.3, -0.25) is 14.2 Å². The summed E-state index contributed by atoms with van der Waals surface area (Å²) in [5, 5.41) is 0.584. The van der Waals surface area contributed by atoms with Crippen LogP contribution in [0.2, 0.25) is 0 Å². The van der Waals surface area contributed by atoms with Crippen LogP contribution in [0, 0.1) is 0 Å². The average molecular weight is 336 g/mol. The molecule has 4 unspecified atom stereocenters. The second-order valence-corrected chi connectivity index (χ2v) is 6.54. The molecule has 0 spiro atoms. The van der Waals surface area contributed by atoms with Gasteiger partial charge in [-0.2, -0.15) is 13.5 Å². The highest BCUT2D eigenvalue weighted by Crippen LogP contribution is 2.31. The van der Waals surface area contributed by atoms with E-state index in [9.17, 15) is 18.0 Å². The lowest BCUT2D eigenvalue weighted by molar-refractivity contribution is -0.140. The van der Waals surface area contributed by atoms with Crippen molar-refractivity contribution in [1.82, 2.24) is 15.4 Å². The first-order valence-corrected chi connectivity index (χ1v) is 8.10. The molecule has 0 aromatic carbocycles. The van der Waals surface area contributed by atoms with Crippen molar-refractivity contribution < 1.29 is 31.7 Å². The van der Waals surface area contributed by atoms with Crippen LogP contribution in [0.15, 0.2) is 0 Å². The van der Waals surface area contributed by atoms with Crippen LogP contribution in [0.4, 0.5) is 4.79 Å². The fourth-order valence-electron chi connectivity index (χ4n) is 2.63. The minimum atomic E-state index is -4.80. The first kappa shape index (κ1) is 15.4. The van der Waals surface area contributed by atoms with E-state index >= 15 is 0 Å². The number of nitrogens with zero attached hydrogens (tertiary/aromatic N) is 2. The minimum Gasteiger partial charge on any atom is -0.325 e. The molecule has 4 N–H and O–H groups in total. The first-order valence-electron chi connectivity index (χ1n) is 6.74. The predicted molar refractivity (Wildman–Crippen MR) is 69.0 cm³/mol. The van der Waals surface area contributed by atoms with Gasteiger partial charge in [-0.1, -0.05) is 0 Å². The number of nitrogens with two attached hydrogens (primary N) is 1. The molecule has 0 aromatic heterocycles. The summed E-state index contributed by atoms with van der Waals surface area (Å²) in [5.74, 6) is -0.500. The number of fused-ring (bicyclic) bond motifs is 2. The van der Waals surface area contributed by atoms with E-state index in [1.807, 2.05) is 0 Å². The van der Waals surface area contributed by atoms with Crippen LogP contribution in [0.1, 0.15) is 19.3 Å². The number of hydrogen-bond acceptors (Lipinski definition) is 7. The SMILES string of the molecule is NC1CC1ONC(=O)C1CCC2CN1C(=O)N2OS(=O)(=O)O. The number of nitrogens with one attached hydrogen (secondary N) is 1. The van der Waals surface area contributed by atoms with Crippen LogP contribution in [0.25, 0.3) is 0 Å². The lowest BCUT2D eigenvalue weighted by Crippen LogP contribution is -2.50. The first-order chi connectivity index (χ1) is 10.3. The van der Waals surface area contributed by atoms with E-state index in [1.54, 1.807) is 0 Å². The van der Waals surface area contributed by atoms with Gasteiger partial charge in [0, 0.05) is 12.6 Å². The highest BCUT2D eigenvalue weighted by molar-refractivity contribution is 7.80. The smallest absolute Gasteiger partial charge is 0.325 e. The normalized spacial score (nSPS) is 34.0. The molecule has 2 heterocycles. The van der Waals surface area contributed by atoms with Crippen molar-refractivity contribution in [1.29, 1.82) is 0 Å². The van der Waals surface area contributed by atoms with Gasteiger partial charge in [0.15, 0.2) is 0 Å². The molecule has 22 heavy (non-hydrogen) atoms. The Labute approximate surface area is 126 Å². The Morgan fingerprint density at radius 3 is 2.68 bits per heavy atom. The second-order valence-electron chi connectivity index (χ2n) is 5.53. The molecule has 2 aliphatic heterocycles. The fraction of sp³-hybridized carbons (Fsp3) is 0.800. The van der Waals surface area contributed by atoms with Crippen LogP contribution >= 0.6 is 0 Å². The van der Waals surface area contributed by atoms with E-state index in [-0.39, 0.29) is 18.7 Å². The zero-order valence-electron chi connectivity index (χ0n) is 11.4. The molecule has 1 aliphatic carbocycles. The molecule has 3 fully saturated rings. The zero-order valence-corrected chi connectivity index (χ0v) is 12.2. The maximum absolute atomic E-state index is 12.1. The van der Waals surface area contributed by atoms with Gasteiger partial charge >= 0.3 is 16.4 Å². The van der Waals surface area contributed by atoms with Crippen LogP contribution in [0.5, 0.6) is 0 Å². The van der Waals surface area contributed by atoms with Crippen LogP contribution in [0.3, 0.4) is 0 Å². The molecule has 124 valence electrons. The molecule has 3 aliphatic rings. The van der Waals surface area contributed by atoms with Crippen molar-refractivity contribution in [2.24, 2.45) is 5.73 Å². The Balaban J connectivity index is 1.62. The average Bonchev–Trinajstić information content (AvgIpc) is 3.10. The molecule has 2 bridgehead atoms. The van der Waals surface area contributed by atoms with Crippen molar-refractivity contribution in [3.63, 3.8) is 0 Å². The lowest BCUT2D eigenvalue weighted by atomic mass is 10.0. The van der Waals surface area contributed by atoms with Crippen LogP contribution in [-0.2, 0) is 24.3 Å². The van der Waals surface area contributed by atoms with Gasteiger partial charge in [0.25, 0.3) is 5.91 Å². The van der Waals surface area contributed by atoms with E-state index < -0.39 is 34.4 Å². The topological polar surface area (TPSA) is 151 Å². The van der Waals surface area contributed by atoms with E-state index in [4.69, 9.17) is 15.1 Å². The molecular formula is C10H16N4O7S. The summed E-state index contributed by atoms with van der Waals surface area (Å²) >= 11 is 0. The summed E-state index contributed by atoms with van der Waals surface area (Å²) in [6.07, 6.45) is 1.13. The molecule has 3 rings (SSSR count). The summed E-state index contributed by atoms with van der Waals surface area (Å²) in [5.41, 5.74) is 7.82. The van der Waals surface area contributed by atoms with Gasteiger partial charge in [-0.05, 0) is 19.3 Å². The molecule has 12 heteroatoms. The Morgan fingerprint density at radius 2 is 2.09 bits per heavy atom. The number of carbonyl (C=O) groups is 2. The molecule has 0 aromatic rings. The lowest BCUT2D eigenvalue weighted by Gasteiger charge is -2.28. The molecular weight excluding hydrogens is 320 g/mol. The molecule has 3 amide bonds. The van der Waals surface area contributed by atoms with Gasteiger partial charge < -0.3 is 10.6 Å². The summed E-state index contributed by atoms with van der Waals surface area (Å²) in [6, 6.07) is -2.20. The number of carbonyl (C=O) groups excluding carboxylic acids is 2. The molecule has 4 atom stereocenters. The highest BCUT2D eigenvalue weighted by Gasteiger charge is 2.49. The third-order valence-electron chi connectivity index (χ3n) is 3.89. The van der Waals surface area contributed by atoms with E-state index in [0.29, 0.717) is 24.3 Å². The third-order valence-corrected chi connectivity index (χ3v) is 4.24. The van der Waals surface area contributed by atoms with Crippen molar-refractivity contribution in [3.8, 4) is 0 Å². The summed E-state index contributed by atoms with van der Waals surface area (Å²) < 4.78 is 34.5. The van der Waals surface area contributed by atoms with Crippen molar-refractivity contribution in [2.75, 3.05) is 6.54 Å². The van der Waals surface area contributed by atoms with Crippen molar-refractivity contribution >= 4 is 22.3 Å². The minimum absolute atomic E-state index is 0.0943. The van der Waals surface area contributed by atoms with Crippen LogP contribution in [-0.4, -0.2) is 65.6 Å². The summed E-state index contributed by atoms with van der Waals surface area (Å²) in [7, 11) is -4.80. The van der Waals surface area contributed by atoms with Gasteiger partial charge in [-0.15, -0.1) is 4.28 Å². The number of hydroxylamine groups is 3. The number of amides is 3. The fourth-order valence-corrected chi connectivity index (χ4v) is 3.02. The third kappa shape index (κ3) is 3.01. The van der Waals surface area contributed by atoms with Gasteiger partial charge in [-0.25, -0.2) is 10.3 Å². The molecule has 2 saturated heterocycles. The summed E-state index contributed by atoms with van der Waals surface area (Å²) in [4.78, 5) is 30.4. The van der Waals surface area contributed by atoms with E-state index in [2.05, 4.69) is 9.76 Å². The number of hydrogen-bond donors (Lipinski definition) is 3. The monoisotopic (exact) mass is 336 g/mol. The molecule has 1 saturated carbocycles. The molecule has 0 radical (unpaired) electrons. The van der Waals surface area contributed by atoms with E-state index in [1.165, 1.54) is 4.90 Å². The van der Waals surface area contributed by atoms with Crippen molar-refractivity contribution in [3.05, 3.63) is 0 Å². The Hall–Kier alpha value is -1.47. The Morgan fingerprint density at radius 1 is 1.41 bits per heavy atom. The second kappa shape index (κ2) is 5.31.